The zero-order chi connectivity index (χ0) is 20.8. The molecular weight excluding hydrogens is 386 g/mol. The normalized spacial score (nSPS) is 26.0. The van der Waals surface area contributed by atoms with Crippen molar-refractivity contribution < 1.29 is 19.4 Å². The molecule has 1 amide bonds. The molecule has 1 N–H and O–H groups in total. The summed E-state index contributed by atoms with van der Waals surface area (Å²) in [7, 11) is 0. The standard InChI is InChI=1S/C23H25NO4S/c1-14(25)17-20(26)24-19(23(2,3)29-21(17)24)22(27)28-18(15-10-6-4-7-11-15)16-12-8-5-9-13-16/h4-14,17-19,21,25H,1-3H3/t14?,17?,19-,21+/m0/s1. The van der Waals surface area contributed by atoms with Gasteiger partial charge in [0.25, 0.3) is 0 Å². The lowest BCUT2D eigenvalue weighted by molar-refractivity contribution is -0.172. The van der Waals surface area contributed by atoms with Crippen LogP contribution in [0.4, 0.5) is 0 Å². The molecule has 2 aliphatic rings. The van der Waals surface area contributed by atoms with Crippen molar-refractivity contribution in [2.45, 2.75) is 49.1 Å². The molecular formula is C23H25NO4S. The molecule has 0 radical (unpaired) electrons. The number of hydrogen-bond donors (Lipinski definition) is 1. The first-order valence-electron chi connectivity index (χ1n) is 9.79. The summed E-state index contributed by atoms with van der Waals surface area (Å²) < 4.78 is 5.53. The van der Waals surface area contributed by atoms with Gasteiger partial charge < -0.3 is 14.7 Å². The number of amides is 1. The lowest BCUT2D eigenvalue weighted by Crippen LogP contribution is -2.65. The molecule has 2 unspecified atom stereocenters. The van der Waals surface area contributed by atoms with E-state index in [2.05, 4.69) is 0 Å². The highest BCUT2D eigenvalue weighted by molar-refractivity contribution is 8.01. The van der Waals surface area contributed by atoms with Gasteiger partial charge in [0.1, 0.15) is 6.04 Å². The number of benzene rings is 2. The van der Waals surface area contributed by atoms with Gasteiger partial charge in [0.2, 0.25) is 5.91 Å². The number of nitrogens with zero attached hydrogens (tertiary/aromatic N) is 1. The SMILES string of the molecule is CC(O)C1C(=O)N2[C@@H]1SC(C)(C)[C@@H]2C(=O)OC(c1ccccc1)c1ccccc1. The number of aliphatic hydroxyl groups is 1. The van der Waals surface area contributed by atoms with Crippen LogP contribution in [0.2, 0.25) is 0 Å². The molecule has 4 atom stereocenters. The molecule has 6 heteroatoms. The maximum Gasteiger partial charge on any atom is 0.331 e. The Morgan fingerprint density at radius 1 is 1.07 bits per heavy atom. The maximum absolute atomic E-state index is 13.3. The Morgan fingerprint density at radius 3 is 2.07 bits per heavy atom. The second-order valence-corrected chi connectivity index (χ2v) is 9.94. The molecule has 0 spiro atoms. The molecule has 4 rings (SSSR count). The van der Waals surface area contributed by atoms with Crippen molar-refractivity contribution in [3.8, 4) is 0 Å². The quantitative estimate of drug-likeness (QED) is 0.604. The van der Waals surface area contributed by atoms with E-state index in [-0.39, 0.29) is 11.3 Å². The van der Waals surface area contributed by atoms with Gasteiger partial charge in [-0.05, 0) is 31.9 Å². The molecule has 2 fully saturated rings. The summed E-state index contributed by atoms with van der Waals surface area (Å²) in [5.74, 6) is -1.06. The number of ether oxygens (including phenoxy) is 1. The van der Waals surface area contributed by atoms with E-state index in [1.807, 2.05) is 74.5 Å². The molecule has 29 heavy (non-hydrogen) atoms. The topological polar surface area (TPSA) is 66.8 Å². The third-order valence-electron chi connectivity index (χ3n) is 5.66. The second kappa shape index (κ2) is 7.50. The highest BCUT2D eigenvalue weighted by Gasteiger charge is 2.65. The zero-order valence-corrected chi connectivity index (χ0v) is 17.5. The Bertz CT molecular complexity index is 860. The molecule has 2 aromatic carbocycles. The number of hydrogen-bond acceptors (Lipinski definition) is 5. The van der Waals surface area contributed by atoms with Gasteiger partial charge in [0.05, 0.1) is 17.4 Å². The Hall–Kier alpha value is -2.31. The fourth-order valence-corrected chi connectivity index (χ4v) is 6.02. The Kier molecular flexibility index (Phi) is 5.17. The minimum Gasteiger partial charge on any atom is -0.451 e. The number of β-lactam (4-membered cyclic amide) rings is 1. The summed E-state index contributed by atoms with van der Waals surface area (Å²) >= 11 is 1.56. The van der Waals surface area contributed by atoms with Gasteiger partial charge in [-0.1, -0.05) is 60.7 Å². The van der Waals surface area contributed by atoms with Crippen LogP contribution in [-0.4, -0.2) is 44.1 Å². The van der Waals surface area contributed by atoms with Gasteiger partial charge in [-0.2, -0.15) is 0 Å². The number of carbonyl (C=O) groups excluding carboxylic acids is 2. The van der Waals surface area contributed by atoms with E-state index in [1.165, 1.54) is 0 Å². The first-order chi connectivity index (χ1) is 13.8. The predicted molar refractivity (Wildman–Crippen MR) is 112 cm³/mol. The Morgan fingerprint density at radius 2 is 1.59 bits per heavy atom. The summed E-state index contributed by atoms with van der Waals surface area (Å²) in [4.78, 5) is 27.6. The summed E-state index contributed by atoms with van der Waals surface area (Å²) in [5, 5.41) is 9.76. The van der Waals surface area contributed by atoms with E-state index in [0.717, 1.165) is 11.1 Å². The van der Waals surface area contributed by atoms with Crippen molar-refractivity contribution in [3.63, 3.8) is 0 Å². The average molecular weight is 412 g/mol. The fraction of sp³-hybridized carbons (Fsp3) is 0.391. The number of esters is 1. The van der Waals surface area contributed by atoms with E-state index in [0.29, 0.717) is 0 Å². The maximum atomic E-state index is 13.3. The lowest BCUT2D eigenvalue weighted by atomic mass is 9.88. The van der Waals surface area contributed by atoms with Crippen LogP contribution in [0.25, 0.3) is 0 Å². The number of aliphatic hydroxyl groups excluding tert-OH is 1. The molecule has 2 aromatic rings. The van der Waals surface area contributed by atoms with Gasteiger partial charge in [-0.25, -0.2) is 4.79 Å². The summed E-state index contributed by atoms with van der Waals surface area (Å²) in [5.41, 5.74) is 1.76. The van der Waals surface area contributed by atoms with Crippen LogP contribution >= 0.6 is 11.8 Å². The highest BCUT2D eigenvalue weighted by atomic mass is 32.2. The van der Waals surface area contributed by atoms with Crippen molar-refractivity contribution in [2.24, 2.45) is 5.92 Å². The smallest absolute Gasteiger partial charge is 0.331 e. The van der Waals surface area contributed by atoms with Crippen LogP contribution in [0, 0.1) is 5.92 Å². The van der Waals surface area contributed by atoms with Crippen LogP contribution in [0.3, 0.4) is 0 Å². The van der Waals surface area contributed by atoms with Gasteiger partial charge in [-0.15, -0.1) is 11.8 Å². The van der Waals surface area contributed by atoms with Crippen LogP contribution in [0.5, 0.6) is 0 Å². The summed E-state index contributed by atoms with van der Waals surface area (Å²) in [6, 6.07) is 18.5. The molecule has 0 aliphatic carbocycles. The van der Waals surface area contributed by atoms with Crippen LogP contribution in [0.1, 0.15) is 38.0 Å². The van der Waals surface area contributed by atoms with E-state index < -0.39 is 34.9 Å². The zero-order valence-electron chi connectivity index (χ0n) is 16.7. The van der Waals surface area contributed by atoms with E-state index in [1.54, 1.807) is 23.6 Å². The van der Waals surface area contributed by atoms with Gasteiger partial charge in [-0.3, -0.25) is 4.79 Å². The first-order valence-corrected chi connectivity index (χ1v) is 10.7. The molecule has 0 saturated carbocycles. The predicted octanol–water partition coefficient (Wildman–Crippen LogP) is 3.38. The largest absolute Gasteiger partial charge is 0.451 e. The van der Waals surface area contributed by atoms with Crippen molar-refractivity contribution in [3.05, 3.63) is 71.8 Å². The summed E-state index contributed by atoms with van der Waals surface area (Å²) in [6.07, 6.45) is -1.28. The minimum atomic E-state index is -0.733. The van der Waals surface area contributed by atoms with Crippen molar-refractivity contribution in [1.29, 1.82) is 0 Å². The van der Waals surface area contributed by atoms with Crippen molar-refractivity contribution in [1.82, 2.24) is 4.90 Å². The van der Waals surface area contributed by atoms with Crippen LogP contribution in [-0.2, 0) is 14.3 Å². The molecule has 0 bridgehead atoms. The first kappa shape index (κ1) is 20.0. The van der Waals surface area contributed by atoms with Gasteiger partial charge in [0.15, 0.2) is 6.10 Å². The number of carbonyl (C=O) groups is 2. The Balaban J connectivity index is 1.62. The minimum absolute atomic E-state index is 0.180. The molecule has 0 aromatic heterocycles. The number of thioether (sulfide) groups is 1. The van der Waals surface area contributed by atoms with E-state index in [4.69, 9.17) is 4.74 Å². The number of rotatable bonds is 5. The highest BCUT2D eigenvalue weighted by Crippen LogP contribution is 2.54. The van der Waals surface area contributed by atoms with Crippen molar-refractivity contribution >= 4 is 23.6 Å². The molecule has 2 aliphatic heterocycles. The van der Waals surface area contributed by atoms with E-state index >= 15 is 0 Å². The lowest BCUT2D eigenvalue weighted by Gasteiger charge is -2.45. The van der Waals surface area contributed by atoms with Gasteiger partial charge >= 0.3 is 5.97 Å². The second-order valence-electron chi connectivity index (χ2n) is 8.16. The summed E-state index contributed by atoms with van der Waals surface area (Å²) in [6.45, 7) is 5.53. The molecule has 2 saturated heterocycles. The Labute approximate surface area is 175 Å². The average Bonchev–Trinajstić information content (AvgIpc) is 2.94. The van der Waals surface area contributed by atoms with Crippen molar-refractivity contribution in [2.75, 3.05) is 0 Å². The van der Waals surface area contributed by atoms with Crippen LogP contribution < -0.4 is 0 Å². The molecule has 152 valence electrons. The monoisotopic (exact) mass is 411 g/mol. The van der Waals surface area contributed by atoms with Crippen LogP contribution in [0.15, 0.2) is 60.7 Å². The molecule has 5 nitrogen and oxygen atoms in total. The third-order valence-corrected chi connectivity index (χ3v) is 7.26. The van der Waals surface area contributed by atoms with E-state index in [9.17, 15) is 14.7 Å². The van der Waals surface area contributed by atoms with Gasteiger partial charge in [0, 0.05) is 4.75 Å². The molecule has 2 heterocycles. The fourth-order valence-electron chi connectivity index (χ4n) is 4.23. The number of fused-ring (bicyclic) bond motifs is 1. The third kappa shape index (κ3) is 3.45.